The van der Waals surface area contributed by atoms with Crippen LogP contribution in [0.2, 0.25) is 5.02 Å². The highest BCUT2D eigenvalue weighted by Crippen LogP contribution is 2.30. The van der Waals surface area contributed by atoms with Crippen molar-refractivity contribution in [3.05, 3.63) is 52.6 Å². The Hall–Kier alpha value is -2.80. The third-order valence-electron chi connectivity index (χ3n) is 5.37. The predicted molar refractivity (Wildman–Crippen MR) is 123 cm³/mol. The first-order valence-electron chi connectivity index (χ1n) is 11.0. The minimum atomic E-state index is -0.644. The standard InChI is InChI=1S/C24H29ClN2O5/c25-20-11-12-21(28)23-19(20)16-18(10-6-3-1-2-4-9-15-31-24(23)30)26-32-17-22(29)27-13-7-5-8-14-27/h2,4,6,10-12,28H,1,3,5,7-9,13-17H2/b4-2+,10-6+,26-18+. The molecule has 1 N–H and O–H groups in total. The largest absolute Gasteiger partial charge is 0.507 e. The Kier molecular flexibility index (Phi) is 9.16. The van der Waals surface area contributed by atoms with E-state index >= 15 is 0 Å². The van der Waals surface area contributed by atoms with Gasteiger partial charge in [-0.2, -0.15) is 0 Å². The number of allylic oxidation sites excluding steroid dienone is 3. The van der Waals surface area contributed by atoms with Crippen LogP contribution in [0.5, 0.6) is 5.75 Å². The SMILES string of the molecule is O=C1OCC/C=C/CC/C=C/C(=N\OCC(=O)N2CCCCC2)Cc2c(Cl)ccc(O)c21. The van der Waals surface area contributed by atoms with Gasteiger partial charge in [0.15, 0.2) is 6.61 Å². The number of hydrogen-bond donors (Lipinski definition) is 1. The van der Waals surface area contributed by atoms with Gasteiger partial charge in [0.25, 0.3) is 5.91 Å². The molecule has 0 saturated carbocycles. The fraction of sp³-hybridized carbons (Fsp3) is 0.458. The number of phenolic OH excluding ortho intramolecular Hbond substituents is 1. The zero-order valence-electron chi connectivity index (χ0n) is 18.1. The molecule has 0 unspecified atom stereocenters. The summed E-state index contributed by atoms with van der Waals surface area (Å²) in [5.41, 5.74) is 0.904. The van der Waals surface area contributed by atoms with E-state index in [-0.39, 0.29) is 36.9 Å². The first-order valence-corrected chi connectivity index (χ1v) is 11.4. The highest BCUT2D eigenvalue weighted by molar-refractivity contribution is 6.32. The molecule has 2 aliphatic heterocycles. The van der Waals surface area contributed by atoms with Crippen LogP contribution >= 0.6 is 11.6 Å². The number of likely N-dealkylation sites (tertiary alicyclic amines) is 1. The maximum atomic E-state index is 12.6. The summed E-state index contributed by atoms with van der Waals surface area (Å²) in [7, 11) is 0. The number of piperidine rings is 1. The number of amides is 1. The van der Waals surface area contributed by atoms with Crippen molar-refractivity contribution >= 4 is 29.2 Å². The molecule has 1 amide bonds. The number of oxime groups is 1. The summed E-state index contributed by atoms with van der Waals surface area (Å²) in [5.74, 6) is -0.944. The molecule has 1 aromatic carbocycles. The average Bonchev–Trinajstić information content (AvgIpc) is 2.80. The van der Waals surface area contributed by atoms with Gasteiger partial charge in [-0.3, -0.25) is 4.79 Å². The lowest BCUT2D eigenvalue weighted by Gasteiger charge is -2.26. The topological polar surface area (TPSA) is 88.4 Å². The molecule has 0 atom stereocenters. The van der Waals surface area contributed by atoms with Crippen molar-refractivity contribution in [2.24, 2.45) is 5.16 Å². The molecule has 172 valence electrons. The smallest absolute Gasteiger partial charge is 0.342 e. The fourth-order valence-electron chi connectivity index (χ4n) is 3.66. The van der Waals surface area contributed by atoms with Crippen molar-refractivity contribution in [3.63, 3.8) is 0 Å². The van der Waals surface area contributed by atoms with Crippen LogP contribution in [0.3, 0.4) is 0 Å². The molecule has 2 aliphatic rings. The van der Waals surface area contributed by atoms with Crippen LogP contribution in [0.15, 0.2) is 41.6 Å². The molecule has 0 aromatic heterocycles. The number of nitrogens with zero attached hydrogens (tertiary/aromatic N) is 2. The highest BCUT2D eigenvalue weighted by atomic mass is 35.5. The molecule has 0 bridgehead atoms. The van der Waals surface area contributed by atoms with Gasteiger partial charge >= 0.3 is 5.97 Å². The van der Waals surface area contributed by atoms with Gasteiger partial charge in [0.05, 0.1) is 12.3 Å². The van der Waals surface area contributed by atoms with E-state index in [0.717, 1.165) is 45.2 Å². The summed E-state index contributed by atoms with van der Waals surface area (Å²) in [5, 5.41) is 14.8. The second-order valence-corrected chi connectivity index (χ2v) is 8.18. The number of ether oxygens (including phenoxy) is 1. The zero-order chi connectivity index (χ0) is 22.8. The van der Waals surface area contributed by atoms with E-state index in [9.17, 15) is 14.7 Å². The second kappa shape index (κ2) is 12.3. The van der Waals surface area contributed by atoms with E-state index in [0.29, 0.717) is 22.7 Å². The molecule has 8 heteroatoms. The lowest BCUT2D eigenvalue weighted by molar-refractivity contribution is -0.137. The maximum absolute atomic E-state index is 12.6. The number of halogens is 1. The average molecular weight is 461 g/mol. The Morgan fingerprint density at radius 1 is 1.12 bits per heavy atom. The van der Waals surface area contributed by atoms with E-state index in [1.54, 1.807) is 11.0 Å². The van der Waals surface area contributed by atoms with Gasteiger partial charge in [0.2, 0.25) is 0 Å². The van der Waals surface area contributed by atoms with Crippen molar-refractivity contribution in [1.82, 2.24) is 4.90 Å². The fourth-order valence-corrected chi connectivity index (χ4v) is 3.88. The van der Waals surface area contributed by atoms with Crippen molar-refractivity contribution in [2.45, 2.75) is 44.9 Å². The Morgan fingerprint density at radius 3 is 2.69 bits per heavy atom. The van der Waals surface area contributed by atoms with Crippen LogP contribution in [0.1, 0.15) is 54.4 Å². The quantitative estimate of drug-likeness (QED) is 0.409. The summed E-state index contributed by atoms with van der Waals surface area (Å²) in [4.78, 5) is 32.1. The monoisotopic (exact) mass is 460 g/mol. The Balaban J connectivity index is 1.81. The molecular weight excluding hydrogens is 432 g/mol. The number of cyclic esters (lactones) is 1. The Labute approximate surface area is 193 Å². The summed E-state index contributed by atoms with van der Waals surface area (Å²) >= 11 is 6.37. The van der Waals surface area contributed by atoms with Crippen LogP contribution in [0.4, 0.5) is 0 Å². The van der Waals surface area contributed by atoms with E-state index in [4.69, 9.17) is 21.2 Å². The third-order valence-corrected chi connectivity index (χ3v) is 5.72. The van der Waals surface area contributed by atoms with Crippen molar-refractivity contribution in [3.8, 4) is 5.75 Å². The summed E-state index contributed by atoms with van der Waals surface area (Å²) in [6.07, 6.45) is 13.3. The zero-order valence-corrected chi connectivity index (χ0v) is 18.9. The van der Waals surface area contributed by atoms with Crippen molar-refractivity contribution < 1.29 is 24.3 Å². The normalized spacial score (nSPS) is 21.2. The molecule has 1 fully saturated rings. The molecule has 2 heterocycles. The van der Waals surface area contributed by atoms with E-state index in [1.165, 1.54) is 12.1 Å². The number of esters is 1. The van der Waals surface area contributed by atoms with Gasteiger partial charge < -0.3 is 19.6 Å². The van der Waals surface area contributed by atoms with Crippen LogP contribution in [0, 0.1) is 0 Å². The van der Waals surface area contributed by atoms with Gasteiger partial charge in [-0.1, -0.05) is 35.0 Å². The molecule has 7 nitrogen and oxygen atoms in total. The van der Waals surface area contributed by atoms with Crippen LogP contribution in [-0.2, 0) is 20.8 Å². The number of carbonyl (C=O) groups excluding carboxylic acids is 2. The molecule has 3 rings (SSSR count). The molecule has 1 aromatic rings. The molecular formula is C24H29ClN2O5. The number of hydrogen-bond acceptors (Lipinski definition) is 6. The Bertz CT molecular complexity index is 904. The minimum absolute atomic E-state index is 0.0176. The van der Waals surface area contributed by atoms with Gasteiger partial charge in [-0.15, -0.1) is 0 Å². The molecule has 32 heavy (non-hydrogen) atoms. The van der Waals surface area contributed by atoms with E-state index in [2.05, 4.69) is 5.16 Å². The van der Waals surface area contributed by atoms with Crippen LogP contribution in [-0.4, -0.2) is 53.9 Å². The second-order valence-electron chi connectivity index (χ2n) is 7.77. The van der Waals surface area contributed by atoms with Crippen LogP contribution in [0.25, 0.3) is 0 Å². The molecule has 0 spiro atoms. The van der Waals surface area contributed by atoms with Crippen LogP contribution < -0.4 is 0 Å². The summed E-state index contributed by atoms with van der Waals surface area (Å²) < 4.78 is 5.32. The number of carbonyl (C=O) groups is 2. The lowest BCUT2D eigenvalue weighted by atomic mass is 10.00. The highest BCUT2D eigenvalue weighted by Gasteiger charge is 2.22. The number of rotatable bonds is 3. The first-order chi connectivity index (χ1) is 15.6. The summed E-state index contributed by atoms with van der Waals surface area (Å²) in [6, 6.07) is 2.89. The Morgan fingerprint density at radius 2 is 1.88 bits per heavy atom. The number of aromatic hydroxyl groups is 1. The maximum Gasteiger partial charge on any atom is 0.342 e. The van der Waals surface area contributed by atoms with Crippen molar-refractivity contribution in [1.29, 1.82) is 0 Å². The molecule has 0 aliphatic carbocycles. The van der Waals surface area contributed by atoms with Gasteiger partial charge in [-0.05, 0) is 62.3 Å². The number of benzene rings is 1. The summed E-state index contributed by atoms with van der Waals surface area (Å²) in [6.45, 7) is 1.55. The van der Waals surface area contributed by atoms with Gasteiger partial charge in [0, 0.05) is 24.5 Å². The predicted octanol–water partition coefficient (Wildman–Crippen LogP) is 4.43. The number of fused-ring (bicyclic) bond motifs is 1. The van der Waals surface area contributed by atoms with E-state index in [1.807, 2.05) is 18.2 Å². The number of phenols is 1. The van der Waals surface area contributed by atoms with Gasteiger partial charge in [0.1, 0.15) is 11.3 Å². The molecule has 0 radical (unpaired) electrons. The third kappa shape index (κ3) is 6.85. The van der Waals surface area contributed by atoms with Crippen molar-refractivity contribution in [2.75, 3.05) is 26.3 Å². The lowest BCUT2D eigenvalue weighted by Crippen LogP contribution is -2.37. The first kappa shape index (κ1) is 23.9. The van der Waals surface area contributed by atoms with Gasteiger partial charge in [-0.25, -0.2) is 4.79 Å². The minimum Gasteiger partial charge on any atom is -0.507 e. The van der Waals surface area contributed by atoms with E-state index < -0.39 is 5.97 Å². The molecule has 1 saturated heterocycles.